The van der Waals surface area contributed by atoms with Crippen molar-refractivity contribution in [2.45, 2.75) is 26.2 Å². The Balaban J connectivity index is 1.79. The average Bonchev–Trinajstić information content (AvgIpc) is 3.12. The monoisotopic (exact) mass is 305 g/mol. The third kappa shape index (κ3) is 2.92. The number of carbonyl (C=O) groups excluding carboxylic acids is 1. The summed E-state index contributed by atoms with van der Waals surface area (Å²) in [5.41, 5.74) is 5.75. The molecule has 0 spiro atoms. The number of thiophene rings is 1. The summed E-state index contributed by atoms with van der Waals surface area (Å²) in [6.07, 6.45) is 3.15. The van der Waals surface area contributed by atoms with Gasteiger partial charge in [0.05, 0.1) is 11.9 Å². The number of aryl methyl sites for hydroxylation is 1. The van der Waals surface area contributed by atoms with E-state index in [0.717, 1.165) is 42.6 Å². The van der Waals surface area contributed by atoms with Gasteiger partial charge in [-0.25, -0.2) is 4.98 Å². The Morgan fingerprint density at radius 1 is 1.43 bits per heavy atom. The number of nitrogen functional groups attached to an aromatic ring is 1. The van der Waals surface area contributed by atoms with E-state index in [4.69, 9.17) is 5.73 Å². The molecule has 3 N–H and O–H groups in total. The quantitative estimate of drug-likeness (QED) is 0.901. The summed E-state index contributed by atoms with van der Waals surface area (Å²) in [6.45, 7) is 4.08. The fourth-order valence-electron chi connectivity index (χ4n) is 2.53. The summed E-state index contributed by atoms with van der Waals surface area (Å²) < 4.78 is 0. The second kappa shape index (κ2) is 5.85. The molecular weight excluding hydrogens is 286 g/mol. The second-order valence-corrected chi connectivity index (χ2v) is 6.27. The molecule has 3 rings (SSSR count). The van der Waals surface area contributed by atoms with Crippen LogP contribution in [-0.2, 0) is 11.2 Å². The summed E-state index contributed by atoms with van der Waals surface area (Å²) in [5, 5.41) is 4.07. The van der Waals surface area contributed by atoms with Crippen molar-refractivity contribution < 1.29 is 4.79 Å². The summed E-state index contributed by atoms with van der Waals surface area (Å²) in [4.78, 5) is 24.6. The van der Waals surface area contributed by atoms with Crippen LogP contribution in [0, 0.1) is 0 Å². The molecule has 112 valence electrons. The second-order valence-electron chi connectivity index (χ2n) is 5.16. The fourth-order valence-corrected chi connectivity index (χ4v) is 3.51. The highest BCUT2D eigenvalue weighted by Gasteiger charge is 2.18. The van der Waals surface area contributed by atoms with E-state index in [0.29, 0.717) is 5.82 Å². The highest BCUT2D eigenvalue weighted by molar-refractivity contribution is 7.18. The number of fused-ring (bicyclic) bond motifs is 1. The van der Waals surface area contributed by atoms with Gasteiger partial charge in [-0.05, 0) is 25.3 Å². The van der Waals surface area contributed by atoms with Gasteiger partial charge in [0.15, 0.2) is 0 Å². The lowest BCUT2D eigenvalue weighted by atomic mass is 10.3. The number of rotatable bonds is 4. The van der Waals surface area contributed by atoms with E-state index in [1.807, 2.05) is 4.90 Å². The number of amides is 1. The van der Waals surface area contributed by atoms with Gasteiger partial charge in [-0.3, -0.25) is 4.79 Å². The van der Waals surface area contributed by atoms with Crippen molar-refractivity contribution in [1.29, 1.82) is 0 Å². The molecule has 0 bridgehead atoms. The first-order chi connectivity index (χ1) is 10.2. The molecule has 0 aromatic carbocycles. The van der Waals surface area contributed by atoms with Crippen molar-refractivity contribution in [3.8, 4) is 0 Å². The number of nitrogens with two attached hydrogens (primary N) is 1. The van der Waals surface area contributed by atoms with E-state index in [1.54, 1.807) is 11.3 Å². The number of hydrogen-bond acceptors (Lipinski definition) is 6. The Hall–Kier alpha value is -1.89. The third-order valence-corrected chi connectivity index (χ3v) is 4.85. The van der Waals surface area contributed by atoms with Crippen LogP contribution in [0.3, 0.4) is 0 Å². The maximum Gasteiger partial charge on any atom is 0.241 e. The van der Waals surface area contributed by atoms with Crippen LogP contribution in [-0.4, -0.2) is 40.4 Å². The lowest BCUT2D eigenvalue weighted by Crippen LogP contribution is -2.33. The molecule has 7 heteroatoms. The summed E-state index contributed by atoms with van der Waals surface area (Å²) >= 11 is 1.62. The molecule has 3 heterocycles. The zero-order valence-corrected chi connectivity index (χ0v) is 12.9. The number of nitrogens with zero attached hydrogens (tertiary/aromatic N) is 3. The van der Waals surface area contributed by atoms with Gasteiger partial charge < -0.3 is 16.0 Å². The third-order valence-electron chi connectivity index (χ3n) is 3.68. The van der Waals surface area contributed by atoms with Gasteiger partial charge in [-0.15, -0.1) is 11.3 Å². The normalized spacial score (nSPS) is 14.8. The molecular formula is C14H19N5OS. The standard InChI is InChI=1S/C14H19N5OS/c1-2-9-7-10-12(17-14(15)18-13(10)21-9)16-8-11(20)19-5-3-4-6-19/h7H,2-6,8H2,1H3,(H3,15,16,17,18). The smallest absolute Gasteiger partial charge is 0.241 e. The van der Waals surface area contributed by atoms with Crippen molar-refractivity contribution in [3.05, 3.63) is 10.9 Å². The van der Waals surface area contributed by atoms with Gasteiger partial charge in [0.1, 0.15) is 10.6 Å². The number of anilines is 2. The van der Waals surface area contributed by atoms with Crippen molar-refractivity contribution >= 4 is 39.2 Å². The Morgan fingerprint density at radius 3 is 2.90 bits per heavy atom. The van der Waals surface area contributed by atoms with Crippen LogP contribution in [0.2, 0.25) is 0 Å². The molecule has 2 aromatic rings. The van der Waals surface area contributed by atoms with Crippen LogP contribution >= 0.6 is 11.3 Å². The lowest BCUT2D eigenvalue weighted by Gasteiger charge is -2.15. The Kier molecular flexibility index (Phi) is 3.92. The van der Waals surface area contributed by atoms with Crippen molar-refractivity contribution in [1.82, 2.24) is 14.9 Å². The summed E-state index contributed by atoms with van der Waals surface area (Å²) in [6, 6.07) is 2.07. The molecule has 2 aromatic heterocycles. The van der Waals surface area contributed by atoms with E-state index < -0.39 is 0 Å². The van der Waals surface area contributed by atoms with E-state index in [1.165, 1.54) is 4.88 Å². The molecule has 0 atom stereocenters. The van der Waals surface area contributed by atoms with Gasteiger partial charge in [0.25, 0.3) is 0 Å². The number of hydrogen-bond donors (Lipinski definition) is 2. The molecule has 1 aliphatic heterocycles. The molecule has 1 fully saturated rings. The highest BCUT2D eigenvalue weighted by atomic mass is 32.1. The van der Waals surface area contributed by atoms with Crippen molar-refractivity contribution in [2.75, 3.05) is 30.7 Å². The number of nitrogens with one attached hydrogen (secondary N) is 1. The first kappa shape index (κ1) is 14.1. The molecule has 0 radical (unpaired) electrons. The number of likely N-dealkylation sites (tertiary alicyclic amines) is 1. The first-order valence-corrected chi connectivity index (χ1v) is 8.06. The van der Waals surface area contributed by atoms with Gasteiger partial charge in [-0.1, -0.05) is 6.92 Å². The van der Waals surface area contributed by atoms with E-state index in [2.05, 4.69) is 28.3 Å². The topological polar surface area (TPSA) is 84.1 Å². The van der Waals surface area contributed by atoms with Crippen LogP contribution in [0.15, 0.2) is 6.07 Å². The molecule has 0 saturated carbocycles. The van der Waals surface area contributed by atoms with E-state index in [9.17, 15) is 4.79 Å². The summed E-state index contributed by atoms with van der Waals surface area (Å²) in [7, 11) is 0. The van der Waals surface area contributed by atoms with Gasteiger partial charge >= 0.3 is 0 Å². The minimum Gasteiger partial charge on any atom is -0.368 e. The number of aromatic nitrogens is 2. The molecule has 1 aliphatic rings. The molecule has 0 unspecified atom stereocenters. The minimum absolute atomic E-state index is 0.115. The predicted molar refractivity (Wildman–Crippen MR) is 85.5 cm³/mol. The van der Waals surface area contributed by atoms with Gasteiger partial charge in [0, 0.05) is 18.0 Å². The van der Waals surface area contributed by atoms with Crippen LogP contribution in [0.5, 0.6) is 0 Å². The highest BCUT2D eigenvalue weighted by Crippen LogP contribution is 2.29. The van der Waals surface area contributed by atoms with E-state index in [-0.39, 0.29) is 18.4 Å². The maximum atomic E-state index is 12.1. The maximum absolute atomic E-state index is 12.1. The SMILES string of the molecule is CCc1cc2c(NCC(=O)N3CCCC3)nc(N)nc2s1. The predicted octanol–water partition coefficient (Wildman–Crippen LogP) is 1.87. The average molecular weight is 305 g/mol. The molecule has 1 saturated heterocycles. The molecule has 21 heavy (non-hydrogen) atoms. The van der Waals surface area contributed by atoms with Crippen LogP contribution < -0.4 is 11.1 Å². The largest absolute Gasteiger partial charge is 0.368 e. The van der Waals surface area contributed by atoms with Crippen molar-refractivity contribution in [3.63, 3.8) is 0 Å². The van der Waals surface area contributed by atoms with Crippen LogP contribution in [0.1, 0.15) is 24.6 Å². The Bertz CT molecular complexity index is 663. The Labute approximate surface area is 127 Å². The van der Waals surface area contributed by atoms with Crippen LogP contribution in [0.4, 0.5) is 11.8 Å². The lowest BCUT2D eigenvalue weighted by molar-refractivity contribution is -0.128. The molecule has 6 nitrogen and oxygen atoms in total. The van der Waals surface area contributed by atoms with E-state index >= 15 is 0 Å². The van der Waals surface area contributed by atoms with Gasteiger partial charge in [-0.2, -0.15) is 4.98 Å². The zero-order chi connectivity index (χ0) is 14.8. The minimum atomic E-state index is 0.115. The van der Waals surface area contributed by atoms with Gasteiger partial charge in [0.2, 0.25) is 11.9 Å². The molecule has 0 aliphatic carbocycles. The first-order valence-electron chi connectivity index (χ1n) is 7.25. The van der Waals surface area contributed by atoms with Crippen molar-refractivity contribution in [2.24, 2.45) is 0 Å². The van der Waals surface area contributed by atoms with Crippen LogP contribution in [0.25, 0.3) is 10.2 Å². The molecule has 1 amide bonds. The summed E-state index contributed by atoms with van der Waals surface area (Å²) in [5.74, 6) is 1.01. The zero-order valence-electron chi connectivity index (χ0n) is 12.1. The fraction of sp³-hybridized carbons (Fsp3) is 0.500. The Morgan fingerprint density at radius 2 is 2.19 bits per heavy atom. The number of carbonyl (C=O) groups is 1.